The number of carbonyl (C=O) groups excluding carboxylic acids is 1. The first-order valence-corrected chi connectivity index (χ1v) is 12.5. The number of carboxylic acids is 1. The molecule has 196 valence electrons. The van der Waals surface area contributed by atoms with E-state index in [1.54, 1.807) is 12.1 Å². The van der Waals surface area contributed by atoms with Crippen molar-refractivity contribution in [2.24, 2.45) is 0 Å². The van der Waals surface area contributed by atoms with E-state index in [9.17, 15) is 14.7 Å². The van der Waals surface area contributed by atoms with E-state index in [-0.39, 0.29) is 11.3 Å². The number of aromatic carboxylic acids is 1. The molecular formula is C30H40O6. The number of allylic oxidation sites excluding steroid dienone is 10. The zero-order chi connectivity index (χ0) is 26.3. The fourth-order valence-corrected chi connectivity index (χ4v) is 3.04. The molecule has 1 aromatic carbocycles. The van der Waals surface area contributed by atoms with Gasteiger partial charge in [-0.2, -0.15) is 0 Å². The molecule has 6 heteroatoms. The molecule has 0 bridgehead atoms. The number of carboxylic acid groups (broad SMARTS) is 1. The second kappa shape index (κ2) is 21.1. The van der Waals surface area contributed by atoms with Gasteiger partial charge in [-0.15, -0.1) is 0 Å². The smallest absolute Gasteiger partial charge is 0.368 e. The molecule has 0 aliphatic heterocycles. The summed E-state index contributed by atoms with van der Waals surface area (Å²) in [5, 5.41) is 9.18. The number of carbonyl (C=O) groups is 2. The lowest BCUT2D eigenvalue weighted by Crippen LogP contribution is -2.31. The Morgan fingerprint density at radius 1 is 0.833 bits per heavy atom. The summed E-state index contributed by atoms with van der Waals surface area (Å²) < 4.78 is 15.7. The van der Waals surface area contributed by atoms with E-state index in [1.807, 2.05) is 0 Å². The molecule has 1 aromatic rings. The van der Waals surface area contributed by atoms with Crippen molar-refractivity contribution in [1.29, 1.82) is 0 Å². The van der Waals surface area contributed by atoms with Crippen LogP contribution >= 0.6 is 0 Å². The zero-order valence-electron chi connectivity index (χ0n) is 21.5. The minimum atomic E-state index is -1.21. The van der Waals surface area contributed by atoms with Crippen molar-refractivity contribution in [1.82, 2.24) is 0 Å². The maximum atomic E-state index is 12.2. The molecule has 6 nitrogen and oxygen atoms in total. The maximum absolute atomic E-state index is 12.2. The van der Waals surface area contributed by atoms with Gasteiger partial charge >= 0.3 is 11.9 Å². The summed E-state index contributed by atoms with van der Waals surface area (Å²) in [5.74, 6) is -2.01. The van der Waals surface area contributed by atoms with Gasteiger partial charge in [0.15, 0.2) is 0 Å². The van der Waals surface area contributed by atoms with E-state index >= 15 is 0 Å². The first kappa shape index (κ1) is 30.8. The molecule has 1 N–H and O–H groups in total. The lowest BCUT2D eigenvalue weighted by Gasteiger charge is -2.15. The number of methoxy groups -OCH3 is 1. The number of ether oxygens (including phenoxy) is 3. The van der Waals surface area contributed by atoms with Crippen molar-refractivity contribution < 1.29 is 28.9 Å². The summed E-state index contributed by atoms with van der Waals surface area (Å²) in [5.41, 5.74) is -0.0993. The Bertz CT molecular complexity index is 894. The topological polar surface area (TPSA) is 82.1 Å². The normalized spacial score (nSPS) is 13.1. The number of hydrogen-bond donors (Lipinski definition) is 1. The van der Waals surface area contributed by atoms with Crippen LogP contribution in [-0.4, -0.2) is 37.1 Å². The fraction of sp³-hybridized carbons (Fsp3) is 0.400. The Labute approximate surface area is 215 Å². The van der Waals surface area contributed by atoms with Gasteiger partial charge in [-0.05, 0) is 63.5 Å². The summed E-state index contributed by atoms with van der Waals surface area (Å²) in [6, 6.07) is 5.93. The minimum Gasteiger partial charge on any atom is -0.478 e. The molecule has 0 amide bonds. The molecule has 0 aliphatic rings. The molecule has 0 radical (unpaired) electrons. The summed E-state index contributed by atoms with van der Waals surface area (Å²) in [4.78, 5) is 23.5. The van der Waals surface area contributed by atoms with E-state index < -0.39 is 18.2 Å². The molecule has 1 atom stereocenters. The molecule has 0 saturated heterocycles. The van der Waals surface area contributed by atoms with E-state index in [1.165, 1.54) is 19.2 Å². The van der Waals surface area contributed by atoms with E-state index in [0.717, 1.165) is 51.4 Å². The Hall–Kier alpha value is -3.22. The third-order valence-corrected chi connectivity index (χ3v) is 4.93. The Morgan fingerprint density at radius 3 is 1.94 bits per heavy atom. The van der Waals surface area contributed by atoms with Crippen LogP contribution in [-0.2, 0) is 14.3 Å². The van der Waals surface area contributed by atoms with Gasteiger partial charge in [0, 0.05) is 7.11 Å². The van der Waals surface area contributed by atoms with Crippen molar-refractivity contribution >= 4 is 11.9 Å². The van der Waals surface area contributed by atoms with Crippen molar-refractivity contribution in [3.05, 3.63) is 90.6 Å². The minimum absolute atomic E-state index is 0.0426. The van der Waals surface area contributed by atoms with Crippen LogP contribution < -0.4 is 4.74 Å². The number of para-hydroxylation sites is 1. The fourth-order valence-electron chi connectivity index (χ4n) is 3.04. The SMILES string of the molecule is CC/C=C\C/C=C\C/C=C\C/C=C\C/C=C\CCCCOC(OC)C(=O)Oc1ccccc1C(=O)O. The van der Waals surface area contributed by atoms with Gasteiger partial charge in [-0.1, -0.05) is 79.8 Å². The van der Waals surface area contributed by atoms with Crippen molar-refractivity contribution in [3.63, 3.8) is 0 Å². The maximum Gasteiger partial charge on any atom is 0.368 e. The van der Waals surface area contributed by atoms with Crippen LogP contribution in [0.2, 0.25) is 0 Å². The van der Waals surface area contributed by atoms with Gasteiger partial charge in [0.1, 0.15) is 11.3 Å². The number of benzene rings is 1. The van der Waals surface area contributed by atoms with Crippen LogP contribution in [0.4, 0.5) is 0 Å². The monoisotopic (exact) mass is 496 g/mol. The van der Waals surface area contributed by atoms with Gasteiger partial charge in [-0.3, -0.25) is 0 Å². The first-order valence-electron chi connectivity index (χ1n) is 12.5. The first-order chi connectivity index (χ1) is 17.6. The second-order valence-corrected chi connectivity index (χ2v) is 7.86. The van der Waals surface area contributed by atoms with Crippen LogP contribution in [0.15, 0.2) is 85.0 Å². The molecule has 36 heavy (non-hydrogen) atoms. The van der Waals surface area contributed by atoms with E-state index in [0.29, 0.717) is 6.61 Å². The quantitative estimate of drug-likeness (QED) is 0.0717. The van der Waals surface area contributed by atoms with Gasteiger partial charge in [0.05, 0.1) is 6.61 Å². The average molecular weight is 497 g/mol. The molecule has 0 aliphatic carbocycles. The van der Waals surface area contributed by atoms with Gasteiger partial charge in [0.25, 0.3) is 6.29 Å². The molecule has 0 heterocycles. The van der Waals surface area contributed by atoms with Gasteiger partial charge in [-0.25, -0.2) is 9.59 Å². The molecule has 1 unspecified atom stereocenters. The highest BCUT2D eigenvalue weighted by Gasteiger charge is 2.23. The van der Waals surface area contributed by atoms with Gasteiger partial charge in [0.2, 0.25) is 0 Å². The highest BCUT2D eigenvalue weighted by atomic mass is 16.7. The van der Waals surface area contributed by atoms with Crippen LogP contribution in [0.25, 0.3) is 0 Å². The van der Waals surface area contributed by atoms with E-state index in [2.05, 4.69) is 67.7 Å². The highest BCUT2D eigenvalue weighted by molar-refractivity contribution is 5.92. The van der Waals surface area contributed by atoms with Crippen LogP contribution in [0.3, 0.4) is 0 Å². The third kappa shape index (κ3) is 14.9. The summed E-state index contributed by atoms with van der Waals surface area (Å²) in [7, 11) is 1.34. The molecule has 0 saturated carbocycles. The predicted octanol–water partition coefficient (Wildman–Crippen LogP) is 7.20. The Kier molecular flexibility index (Phi) is 18.1. The Morgan fingerprint density at radius 2 is 1.39 bits per heavy atom. The molecule has 0 fully saturated rings. The number of hydrogen-bond acceptors (Lipinski definition) is 5. The number of rotatable bonds is 19. The van der Waals surface area contributed by atoms with Crippen molar-refractivity contribution in [2.75, 3.05) is 13.7 Å². The second-order valence-electron chi connectivity index (χ2n) is 7.86. The summed E-state index contributed by atoms with van der Waals surface area (Å²) >= 11 is 0. The molecular weight excluding hydrogens is 456 g/mol. The lowest BCUT2D eigenvalue weighted by molar-refractivity contribution is -0.180. The highest BCUT2D eigenvalue weighted by Crippen LogP contribution is 2.19. The number of esters is 1. The third-order valence-electron chi connectivity index (χ3n) is 4.93. The Balaban J connectivity index is 2.13. The summed E-state index contributed by atoms with van der Waals surface area (Å²) in [6.07, 6.45) is 28.0. The van der Waals surface area contributed by atoms with Crippen molar-refractivity contribution in [2.45, 2.75) is 64.6 Å². The number of unbranched alkanes of at least 4 members (excludes halogenated alkanes) is 2. The summed E-state index contributed by atoms with van der Waals surface area (Å²) in [6.45, 7) is 2.47. The van der Waals surface area contributed by atoms with Crippen LogP contribution in [0.1, 0.15) is 68.6 Å². The average Bonchev–Trinajstić information content (AvgIpc) is 2.87. The lowest BCUT2D eigenvalue weighted by atomic mass is 10.2. The molecule has 1 rings (SSSR count). The predicted molar refractivity (Wildman–Crippen MR) is 144 cm³/mol. The standard InChI is InChI=1S/C30H40O6/c1-3-4-5-6-7-8-9-10-11-12-13-14-15-16-17-18-19-22-25-35-30(34-2)29(33)36-27-24-21-20-23-26(27)28(31)32/h4-5,7-8,10-11,13-14,16-17,20-21,23-24,30H,3,6,9,12,15,18-19,22,25H2,1-2H3,(H,31,32)/b5-4-,8-7-,11-10-,14-13-,17-16-. The zero-order valence-corrected chi connectivity index (χ0v) is 21.5. The molecule has 0 spiro atoms. The van der Waals surface area contributed by atoms with Crippen molar-refractivity contribution in [3.8, 4) is 5.75 Å². The van der Waals surface area contributed by atoms with Gasteiger partial charge < -0.3 is 19.3 Å². The van der Waals surface area contributed by atoms with Crippen LogP contribution in [0.5, 0.6) is 5.75 Å². The van der Waals surface area contributed by atoms with E-state index in [4.69, 9.17) is 14.2 Å². The molecule has 0 aromatic heterocycles. The largest absolute Gasteiger partial charge is 0.478 e. The van der Waals surface area contributed by atoms with Crippen LogP contribution in [0, 0.1) is 0 Å².